The van der Waals surface area contributed by atoms with Crippen LogP contribution in [0.4, 0.5) is 0 Å². The summed E-state index contributed by atoms with van der Waals surface area (Å²) in [6, 6.07) is 8.90. The molecule has 0 N–H and O–H groups in total. The third kappa shape index (κ3) is 3.17. The number of benzene rings is 1. The van der Waals surface area contributed by atoms with Crippen molar-refractivity contribution < 1.29 is 30.5 Å². The molecule has 4 nitrogen and oxygen atoms in total. The summed E-state index contributed by atoms with van der Waals surface area (Å²) >= 11 is 0.103. The summed E-state index contributed by atoms with van der Waals surface area (Å²) in [4.78, 5) is 6.75. The Morgan fingerprint density at radius 3 is 2.15 bits per heavy atom. The normalized spacial score (nSPS) is 29.1. The van der Waals surface area contributed by atoms with E-state index in [-0.39, 0.29) is 39.5 Å². The van der Waals surface area contributed by atoms with E-state index in [9.17, 15) is 0 Å². The molecule has 0 atom stereocenters. The maximum absolute atomic E-state index is 6.18. The molecule has 4 rings (SSSR count). The van der Waals surface area contributed by atoms with Gasteiger partial charge in [-0.05, 0) is 0 Å². The van der Waals surface area contributed by atoms with Crippen molar-refractivity contribution in [3.05, 3.63) is 48.0 Å². The molecule has 27 heavy (non-hydrogen) atoms. The first-order valence-electron chi connectivity index (χ1n) is 9.63. The topological polar surface area (TPSA) is 36.3 Å². The van der Waals surface area contributed by atoms with E-state index in [0.717, 1.165) is 5.46 Å². The van der Waals surface area contributed by atoms with E-state index in [2.05, 4.69) is 73.4 Å². The summed E-state index contributed by atoms with van der Waals surface area (Å²) in [6.07, 6.45) is 6.46. The average molecular weight is 479 g/mol. The van der Waals surface area contributed by atoms with Crippen molar-refractivity contribution in [1.29, 1.82) is 0 Å². The summed E-state index contributed by atoms with van der Waals surface area (Å²) in [5.74, 6) is 0.638. The van der Waals surface area contributed by atoms with Gasteiger partial charge in [-0.2, -0.15) is 0 Å². The summed E-state index contributed by atoms with van der Waals surface area (Å²) in [5.41, 5.74) is 3.23. The van der Waals surface area contributed by atoms with Crippen LogP contribution < -0.4 is 26.7 Å². The predicted molar refractivity (Wildman–Crippen MR) is 105 cm³/mol. The second-order valence-electron chi connectivity index (χ2n) is 8.87. The molecule has 0 amide bonds. The van der Waals surface area contributed by atoms with Crippen LogP contribution in [0.15, 0.2) is 36.8 Å². The fourth-order valence-corrected chi connectivity index (χ4v) is 7.03. The fraction of sp³-hybridized carbons (Fsp3) is 0.571. The van der Waals surface area contributed by atoms with Crippen LogP contribution in [0.2, 0.25) is 0 Å². The number of imidazole rings is 1. The quantitative estimate of drug-likeness (QED) is 0.363. The first-order valence-corrected chi connectivity index (χ1v) is 12.9. The number of alkyl halides is 2. The van der Waals surface area contributed by atoms with Crippen molar-refractivity contribution in [1.82, 2.24) is 9.55 Å². The number of halogens is 1. The minimum absolute atomic E-state index is 0.103. The number of aryl methyl sites for hydroxylation is 1. The van der Waals surface area contributed by atoms with Crippen LogP contribution in [0.1, 0.15) is 57.7 Å². The number of rotatable bonds is 4. The standard InChI is InChI=1S/C21H29BIN2O2/c1-15-13-24-14-25(15)21(23-6)11-17(12-21)16-7-9-18(10-8-16)22-26-19(2,3)20(4,5)27-22/h7-10,13-14,17H,11-12H2,1-6H3/q-1. The van der Waals surface area contributed by atoms with Gasteiger partial charge in [0.1, 0.15) is 0 Å². The molecule has 0 radical (unpaired) electrons. The van der Waals surface area contributed by atoms with Crippen LogP contribution in [0.3, 0.4) is 0 Å². The van der Waals surface area contributed by atoms with Crippen LogP contribution in [-0.4, -0.2) is 32.8 Å². The molecule has 1 saturated carbocycles. The Morgan fingerprint density at radius 2 is 1.67 bits per heavy atom. The molecule has 0 unspecified atom stereocenters. The number of hydrogen-bond acceptors (Lipinski definition) is 3. The first-order chi connectivity index (χ1) is 12.7. The summed E-state index contributed by atoms with van der Waals surface area (Å²) < 4.78 is 15.1. The summed E-state index contributed by atoms with van der Waals surface area (Å²) in [5, 5.41) is 0. The van der Waals surface area contributed by atoms with Crippen molar-refractivity contribution in [3.8, 4) is 0 Å². The zero-order chi connectivity index (χ0) is 19.4. The molecule has 0 bridgehead atoms. The van der Waals surface area contributed by atoms with Gasteiger partial charge < -0.3 is 0 Å². The Kier molecular flexibility index (Phi) is 4.75. The van der Waals surface area contributed by atoms with Gasteiger partial charge in [-0.1, -0.05) is 0 Å². The van der Waals surface area contributed by atoms with Gasteiger partial charge in [0.15, 0.2) is 0 Å². The van der Waals surface area contributed by atoms with Gasteiger partial charge >= 0.3 is 174 Å². The predicted octanol–water partition coefficient (Wildman–Crippen LogP) is 0.440. The molecule has 6 heteroatoms. The first kappa shape index (κ1) is 19.5. The van der Waals surface area contributed by atoms with Gasteiger partial charge in [-0.3, -0.25) is 0 Å². The molecule has 1 aromatic heterocycles. The number of nitrogens with zero attached hydrogens (tertiary/aromatic N) is 2. The zero-order valence-electron chi connectivity index (χ0n) is 17.1. The molecule has 2 aromatic rings. The van der Waals surface area contributed by atoms with E-state index in [1.165, 1.54) is 24.1 Å². The van der Waals surface area contributed by atoms with E-state index < -0.39 is 0 Å². The van der Waals surface area contributed by atoms with Gasteiger partial charge in [0.25, 0.3) is 0 Å². The van der Waals surface area contributed by atoms with Crippen LogP contribution in [-0.2, 0) is 12.9 Å². The molecule has 146 valence electrons. The Hall–Kier alpha value is -0.855. The molecular formula is C21H29BIN2O2-. The van der Waals surface area contributed by atoms with Gasteiger partial charge in [0.05, 0.1) is 0 Å². The molecule has 2 heterocycles. The van der Waals surface area contributed by atoms with Crippen molar-refractivity contribution in [2.45, 2.75) is 68.1 Å². The van der Waals surface area contributed by atoms with E-state index >= 15 is 0 Å². The maximum atomic E-state index is 6.18. The van der Waals surface area contributed by atoms with Crippen molar-refractivity contribution in [2.24, 2.45) is 0 Å². The van der Waals surface area contributed by atoms with Gasteiger partial charge in [0, 0.05) is 0 Å². The van der Waals surface area contributed by atoms with E-state index in [4.69, 9.17) is 9.31 Å². The van der Waals surface area contributed by atoms with E-state index in [0.29, 0.717) is 9.46 Å². The number of hydrogen-bond donors (Lipinski definition) is 0. The van der Waals surface area contributed by atoms with Crippen LogP contribution in [0.5, 0.6) is 0 Å². The van der Waals surface area contributed by atoms with Gasteiger partial charge in [0.2, 0.25) is 0 Å². The second kappa shape index (κ2) is 6.60. The fourth-order valence-electron chi connectivity index (χ4n) is 4.06. The van der Waals surface area contributed by atoms with Crippen molar-refractivity contribution >= 4 is 12.6 Å². The van der Waals surface area contributed by atoms with Gasteiger partial charge in [-0.15, -0.1) is 0 Å². The van der Waals surface area contributed by atoms with Crippen molar-refractivity contribution in [3.63, 3.8) is 0 Å². The number of aromatic nitrogens is 2. The molecule has 2 fully saturated rings. The average Bonchev–Trinajstić information content (AvgIpc) is 3.09. The molecular weight excluding hydrogens is 450 g/mol. The Morgan fingerprint density at radius 1 is 1.07 bits per heavy atom. The Balaban J connectivity index is 1.46. The monoisotopic (exact) mass is 479 g/mol. The van der Waals surface area contributed by atoms with Crippen LogP contribution >= 0.6 is 0 Å². The summed E-state index contributed by atoms with van der Waals surface area (Å²) in [6.45, 7) is 10.6. The molecule has 1 aliphatic heterocycles. The molecule has 1 aliphatic carbocycles. The molecule has 1 aromatic carbocycles. The van der Waals surface area contributed by atoms with Crippen LogP contribution in [0, 0.1) is 6.92 Å². The molecule has 2 aliphatic rings. The SMILES string of the molecule is C[I-]C1(n2cncc2C)CC(c2ccc(B3OC(C)(C)C(C)(C)O3)cc2)C1. The Bertz CT molecular complexity index is 809. The zero-order valence-corrected chi connectivity index (χ0v) is 19.3. The minimum atomic E-state index is -0.294. The van der Waals surface area contributed by atoms with Crippen LogP contribution in [0.25, 0.3) is 0 Å². The Labute approximate surface area is 173 Å². The van der Waals surface area contributed by atoms with E-state index in [1.54, 1.807) is 0 Å². The van der Waals surface area contributed by atoms with Crippen molar-refractivity contribution in [2.75, 3.05) is 4.93 Å². The van der Waals surface area contributed by atoms with E-state index in [1.807, 2.05) is 12.5 Å². The third-order valence-corrected chi connectivity index (χ3v) is 10.1. The molecule has 1 saturated heterocycles. The summed E-state index contributed by atoms with van der Waals surface area (Å²) in [7, 11) is -0.278. The second-order valence-corrected chi connectivity index (χ2v) is 12.0. The van der Waals surface area contributed by atoms with Gasteiger partial charge in [-0.25, -0.2) is 0 Å². The third-order valence-electron chi connectivity index (χ3n) is 6.66. The molecule has 0 spiro atoms.